The van der Waals surface area contributed by atoms with Crippen molar-refractivity contribution in [2.24, 2.45) is 5.92 Å². The van der Waals surface area contributed by atoms with E-state index in [-0.39, 0.29) is 5.41 Å². The van der Waals surface area contributed by atoms with Gasteiger partial charge in [-0.3, -0.25) is 0 Å². The highest BCUT2D eigenvalue weighted by molar-refractivity contribution is 6.30. The second-order valence-corrected chi connectivity index (χ2v) is 7.51. The second-order valence-electron chi connectivity index (χ2n) is 7.08. The molecule has 1 fully saturated rings. The lowest BCUT2D eigenvalue weighted by atomic mass is 9.94. The van der Waals surface area contributed by atoms with Gasteiger partial charge in [0.2, 0.25) is 0 Å². The van der Waals surface area contributed by atoms with Crippen LogP contribution in [0, 0.1) is 5.92 Å². The zero-order chi connectivity index (χ0) is 18.1. The topological polar surface area (TPSA) is 0 Å². The molecule has 0 N–H and O–H groups in total. The maximum Gasteiger partial charge on any atom is 0.0406 e. The summed E-state index contributed by atoms with van der Waals surface area (Å²) in [7, 11) is 0. The fraction of sp³-hybridized carbons (Fsp3) is 0.160. The van der Waals surface area contributed by atoms with Gasteiger partial charge in [-0.2, -0.15) is 0 Å². The molecule has 0 amide bonds. The molecule has 1 aliphatic rings. The van der Waals surface area contributed by atoms with E-state index < -0.39 is 0 Å². The van der Waals surface area contributed by atoms with Gasteiger partial charge in [-0.25, -0.2) is 0 Å². The Morgan fingerprint density at radius 1 is 0.808 bits per heavy atom. The van der Waals surface area contributed by atoms with Crippen LogP contribution < -0.4 is 0 Å². The van der Waals surface area contributed by atoms with Gasteiger partial charge >= 0.3 is 0 Å². The molecule has 0 saturated heterocycles. The molecule has 0 spiro atoms. The molecule has 0 heterocycles. The van der Waals surface area contributed by atoms with E-state index >= 15 is 0 Å². The average Bonchev–Trinajstić information content (AvgIpc) is 3.22. The van der Waals surface area contributed by atoms with Crippen LogP contribution in [0.3, 0.4) is 0 Å². The van der Waals surface area contributed by atoms with Gasteiger partial charge in [-0.05, 0) is 40.3 Å². The molecule has 0 bridgehead atoms. The average molecular weight is 357 g/mol. The van der Waals surface area contributed by atoms with Crippen molar-refractivity contribution in [3.63, 3.8) is 0 Å². The van der Waals surface area contributed by atoms with Crippen LogP contribution in [0.1, 0.15) is 30.5 Å². The molecular weight excluding hydrogens is 336 g/mol. The standard InChI is InChI=1S/C25H21Cl/c1-18-24(25(18,2)21-11-7-4-8-12-21)17-23(19-9-5-3-6-10-19)20-13-15-22(26)16-14-20/h3-16,18H,1-2H3/t17?,18-,25+/m0/s1. The molecule has 0 nitrogen and oxygen atoms in total. The van der Waals surface area contributed by atoms with Gasteiger partial charge in [0.25, 0.3) is 0 Å². The molecule has 0 unspecified atom stereocenters. The predicted molar refractivity (Wildman–Crippen MR) is 110 cm³/mol. The Bertz CT molecular complexity index is 977. The van der Waals surface area contributed by atoms with Crippen molar-refractivity contribution in [3.8, 4) is 0 Å². The van der Waals surface area contributed by atoms with E-state index in [2.05, 4.69) is 86.3 Å². The molecule has 3 aromatic rings. The largest absolute Gasteiger partial charge is 0.111 e. The fourth-order valence-corrected chi connectivity index (χ4v) is 3.85. The van der Waals surface area contributed by atoms with E-state index in [1.54, 1.807) is 0 Å². The first-order valence-electron chi connectivity index (χ1n) is 8.99. The second kappa shape index (κ2) is 6.65. The Balaban J connectivity index is 1.90. The van der Waals surface area contributed by atoms with E-state index in [1.165, 1.54) is 16.7 Å². The normalized spacial score (nSPS) is 21.2. The third-order valence-electron chi connectivity index (χ3n) is 5.60. The van der Waals surface area contributed by atoms with Crippen LogP contribution >= 0.6 is 11.6 Å². The predicted octanol–water partition coefficient (Wildman–Crippen LogP) is 6.90. The Morgan fingerprint density at radius 3 is 1.96 bits per heavy atom. The smallest absolute Gasteiger partial charge is 0.0406 e. The summed E-state index contributed by atoms with van der Waals surface area (Å²) in [5.41, 5.74) is 10.0. The number of benzene rings is 3. The highest BCUT2D eigenvalue weighted by atomic mass is 35.5. The van der Waals surface area contributed by atoms with Gasteiger partial charge < -0.3 is 0 Å². The SMILES string of the molecule is C[C@H]1C(=C=C(c2ccccc2)c2ccc(Cl)cc2)[C@@]1(C)c1ccccc1. The molecule has 0 radical (unpaired) electrons. The summed E-state index contributed by atoms with van der Waals surface area (Å²) < 4.78 is 0. The van der Waals surface area contributed by atoms with Crippen LogP contribution in [0.25, 0.3) is 5.57 Å². The fourth-order valence-electron chi connectivity index (χ4n) is 3.72. The molecule has 4 rings (SSSR count). The summed E-state index contributed by atoms with van der Waals surface area (Å²) in [6.45, 7) is 4.61. The highest BCUT2D eigenvalue weighted by Gasteiger charge is 2.54. The van der Waals surface area contributed by atoms with Crippen molar-refractivity contribution in [1.29, 1.82) is 0 Å². The van der Waals surface area contributed by atoms with Crippen molar-refractivity contribution < 1.29 is 0 Å². The molecule has 2 atom stereocenters. The minimum atomic E-state index is 0.0632. The third-order valence-corrected chi connectivity index (χ3v) is 5.86. The molecule has 1 heteroatoms. The van der Waals surface area contributed by atoms with Crippen molar-refractivity contribution in [2.45, 2.75) is 19.3 Å². The van der Waals surface area contributed by atoms with Gasteiger partial charge in [-0.15, -0.1) is 5.73 Å². The van der Waals surface area contributed by atoms with Crippen molar-refractivity contribution in [3.05, 3.63) is 118 Å². The number of hydrogen-bond donors (Lipinski definition) is 0. The Labute approximate surface area is 160 Å². The van der Waals surface area contributed by atoms with Crippen LogP contribution in [-0.2, 0) is 5.41 Å². The molecule has 0 aliphatic heterocycles. The van der Waals surface area contributed by atoms with Crippen LogP contribution in [0.5, 0.6) is 0 Å². The van der Waals surface area contributed by atoms with Gasteiger partial charge in [0.1, 0.15) is 0 Å². The summed E-state index contributed by atoms with van der Waals surface area (Å²) >= 11 is 6.09. The number of rotatable bonds is 3. The Hall–Kier alpha value is -2.53. The molecule has 3 aromatic carbocycles. The first-order valence-corrected chi connectivity index (χ1v) is 9.36. The number of allylic oxidation sites excluding steroid dienone is 1. The van der Waals surface area contributed by atoms with E-state index in [0.717, 1.165) is 16.2 Å². The minimum absolute atomic E-state index is 0.0632. The van der Waals surface area contributed by atoms with Crippen molar-refractivity contribution in [2.75, 3.05) is 0 Å². The zero-order valence-corrected chi connectivity index (χ0v) is 15.8. The highest BCUT2D eigenvalue weighted by Crippen LogP contribution is 2.58. The van der Waals surface area contributed by atoms with E-state index in [9.17, 15) is 0 Å². The summed E-state index contributed by atoms with van der Waals surface area (Å²) in [5, 5.41) is 0.753. The van der Waals surface area contributed by atoms with Gasteiger partial charge in [0, 0.05) is 16.0 Å². The molecule has 0 aromatic heterocycles. The van der Waals surface area contributed by atoms with Gasteiger partial charge in [0.15, 0.2) is 0 Å². The molecule has 1 aliphatic carbocycles. The summed E-state index contributed by atoms with van der Waals surface area (Å²) in [4.78, 5) is 0. The first-order chi connectivity index (χ1) is 12.6. The minimum Gasteiger partial charge on any atom is -0.111 e. The van der Waals surface area contributed by atoms with Gasteiger partial charge in [-0.1, -0.05) is 98.2 Å². The van der Waals surface area contributed by atoms with E-state index in [0.29, 0.717) is 5.92 Å². The Kier molecular flexibility index (Phi) is 4.32. The zero-order valence-electron chi connectivity index (χ0n) is 15.0. The van der Waals surface area contributed by atoms with Crippen LogP contribution in [-0.4, -0.2) is 0 Å². The summed E-state index contributed by atoms with van der Waals surface area (Å²) in [5.74, 6) is 0.482. The molecule has 26 heavy (non-hydrogen) atoms. The van der Waals surface area contributed by atoms with E-state index in [4.69, 9.17) is 11.6 Å². The molecule has 1 saturated carbocycles. The lowest BCUT2D eigenvalue weighted by Gasteiger charge is -2.09. The van der Waals surface area contributed by atoms with Crippen molar-refractivity contribution >= 4 is 17.2 Å². The van der Waals surface area contributed by atoms with Crippen LogP contribution in [0.15, 0.2) is 96.2 Å². The van der Waals surface area contributed by atoms with Crippen molar-refractivity contribution in [1.82, 2.24) is 0 Å². The maximum atomic E-state index is 6.09. The van der Waals surface area contributed by atoms with E-state index in [1.807, 2.05) is 18.2 Å². The van der Waals surface area contributed by atoms with Crippen LogP contribution in [0.4, 0.5) is 0 Å². The lowest BCUT2D eigenvalue weighted by Crippen LogP contribution is -2.02. The molecule has 128 valence electrons. The quantitative estimate of drug-likeness (QED) is 0.447. The van der Waals surface area contributed by atoms with Crippen LogP contribution in [0.2, 0.25) is 5.02 Å². The summed E-state index contributed by atoms with van der Waals surface area (Å²) in [6, 6.07) is 29.3. The lowest BCUT2D eigenvalue weighted by molar-refractivity contribution is 0.707. The number of halogens is 1. The monoisotopic (exact) mass is 356 g/mol. The summed E-state index contributed by atoms with van der Waals surface area (Å²) in [6.07, 6.45) is 0. The maximum absolute atomic E-state index is 6.09. The Morgan fingerprint density at radius 2 is 1.35 bits per heavy atom. The third kappa shape index (κ3) is 2.92. The number of hydrogen-bond acceptors (Lipinski definition) is 0. The van der Waals surface area contributed by atoms with Gasteiger partial charge in [0.05, 0.1) is 0 Å². The first kappa shape index (κ1) is 16.9. The molecular formula is C25H21Cl.